The third-order valence-electron chi connectivity index (χ3n) is 5.75. The van der Waals surface area contributed by atoms with Crippen LogP contribution in [0.5, 0.6) is 5.75 Å². The molecule has 2 rings (SSSR count). The Hall–Kier alpha value is -3.26. The number of amides is 1. The number of carbonyl (C=O) groups excluding carboxylic acids is 3. The molecular weight excluding hydrogens is 522 g/mol. The molecule has 0 heterocycles. The standard InChI is InChI=1S/C30H40ClNO7/c1-7-8-17-36-26-13-11-23(12-14-26)25-10-9-24(27(31)18-25)15-16-30(19-37-21(2)33,20-38-22(3)34)32-28(35)39-29(4,5)6/h9-14,18H,7-8,15-17,19-20H2,1-6H3,(H,32,35). The second-order valence-corrected chi connectivity index (χ2v) is 10.9. The molecule has 214 valence electrons. The van der Waals surface area contributed by atoms with Gasteiger partial charge in [0.05, 0.1) is 6.61 Å². The second-order valence-electron chi connectivity index (χ2n) is 10.5. The predicted molar refractivity (Wildman–Crippen MR) is 151 cm³/mol. The van der Waals surface area contributed by atoms with Gasteiger partial charge in [-0.3, -0.25) is 9.59 Å². The molecule has 8 nitrogen and oxygen atoms in total. The molecule has 0 spiro atoms. The Morgan fingerprint density at radius 2 is 1.49 bits per heavy atom. The summed E-state index contributed by atoms with van der Waals surface area (Å²) in [5.74, 6) is -0.237. The zero-order valence-corrected chi connectivity index (χ0v) is 24.5. The van der Waals surface area contributed by atoms with Gasteiger partial charge in [0.25, 0.3) is 0 Å². The number of carbonyl (C=O) groups is 3. The van der Waals surface area contributed by atoms with Crippen LogP contribution in [0.2, 0.25) is 5.02 Å². The van der Waals surface area contributed by atoms with Gasteiger partial charge in [0.2, 0.25) is 0 Å². The minimum Gasteiger partial charge on any atom is -0.494 e. The lowest BCUT2D eigenvalue weighted by atomic mass is 9.91. The van der Waals surface area contributed by atoms with Gasteiger partial charge in [-0.05, 0) is 74.9 Å². The van der Waals surface area contributed by atoms with Crippen LogP contribution < -0.4 is 10.1 Å². The van der Waals surface area contributed by atoms with E-state index in [0.29, 0.717) is 18.1 Å². The topological polar surface area (TPSA) is 100 Å². The third-order valence-corrected chi connectivity index (χ3v) is 6.10. The van der Waals surface area contributed by atoms with E-state index >= 15 is 0 Å². The first kappa shape index (κ1) is 32.0. The molecular formula is C30H40ClNO7. The van der Waals surface area contributed by atoms with Gasteiger partial charge in [-0.1, -0.05) is 49.2 Å². The van der Waals surface area contributed by atoms with E-state index in [1.807, 2.05) is 42.5 Å². The van der Waals surface area contributed by atoms with Crippen molar-refractivity contribution >= 4 is 29.6 Å². The highest BCUT2D eigenvalue weighted by molar-refractivity contribution is 6.31. The van der Waals surface area contributed by atoms with Gasteiger partial charge in [-0.2, -0.15) is 0 Å². The molecule has 0 aliphatic heterocycles. The van der Waals surface area contributed by atoms with E-state index in [4.69, 9.17) is 30.5 Å². The summed E-state index contributed by atoms with van der Waals surface area (Å²) in [6.07, 6.45) is 2.03. The van der Waals surface area contributed by atoms with Gasteiger partial charge in [-0.15, -0.1) is 0 Å². The van der Waals surface area contributed by atoms with Gasteiger partial charge in [0.15, 0.2) is 0 Å². The molecule has 0 atom stereocenters. The Bertz CT molecular complexity index is 1090. The molecule has 0 saturated heterocycles. The quantitative estimate of drug-likeness (QED) is 0.169. The van der Waals surface area contributed by atoms with Crippen LogP contribution >= 0.6 is 11.6 Å². The van der Waals surface area contributed by atoms with Crippen molar-refractivity contribution < 1.29 is 33.3 Å². The fourth-order valence-corrected chi connectivity index (χ4v) is 3.98. The van der Waals surface area contributed by atoms with Crippen molar-refractivity contribution in [3.8, 4) is 16.9 Å². The zero-order valence-electron chi connectivity index (χ0n) is 23.7. The first-order valence-electron chi connectivity index (χ1n) is 13.1. The molecule has 1 amide bonds. The molecule has 0 unspecified atom stereocenters. The number of ether oxygens (including phenoxy) is 4. The lowest BCUT2D eigenvalue weighted by Gasteiger charge is -2.34. The maximum atomic E-state index is 12.7. The number of nitrogens with one attached hydrogen (secondary N) is 1. The van der Waals surface area contributed by atoms with Gasteiger partial charge >= 0.3 is 18.0 Å². The van der Waals surface area contributed by atoms with Crippen LogP contribution in [0.3, 0.4) is 0 Å². The summed E-state index contributed by atoms with van der Waals surface area (Å²) < 4.78 is 21.7. The molecule has 0 radical (unpaired) electrons. The maximum absolute atomic E-state index is 12.7. The van der Waals surface area contributed by atoms with Crippen LogP contribution in [0.15, 0.2) is 42.5 Å². The van der Waals surface area contributed by atoms with Crippen LogP contribution in [-0.4, -0.2) is 49.0 Å². The summed E-state index contributed by atoms with van der Waals surface area (Å²) in [4.78, 5) is 35.9. The SMILES string of the molecule is CCCCOc1ccc(-c2ccc(CCC(COC(C)=O)(COC(C)=O)NC(=O)OC(C)(C)C)c(Cl)c2)cc1. The van der Waals surface area contributed by atoms with E-state index in [1.54, 1.807) is 20.8 Å². The number of hydrogen-bond acceptors (Lipinski definition) is 7. The van der Waals surface area contributed by atoms with Crippen molar-refractivity contribution in [2.45, 2.75) is 78.4 Å². The largest absolute Gasteiger partial charge is 0.494 e. The Labute approximate surface area is 236 Å². The molecule has 1 N–H and O–H groups in total. The monoisotopic (exact) mass is 561 g/mol. The van der Waals surface area contributed by atoms with Crippen LogP contribution in [0.4, 0.5) is 4.79 Å². The van der Waals surface area contributed by atoms with Crippen LogP contribution in [0, 0.1) is 0 Å². The average molecular weight is 562 g/mol. The lowest BCUT2D eigenvalue weighted by Crippen LogP contribution is -2.57. The number of unbranched alkanes of at least 4 members (excludes halogenated alkanes) is 1. The third kappa shape index (κ3) is 11.6. The van der Waals surface area contributed by atoms with Crippen LogP contribution in [-0.2, 0) is 30.2 Å². The van der Waals surface area contributed by atoms with Gasteiger partial charge in [-0.25, -0.2) is 4.79 Å². The minimum atomic E-state index is -1.23. The van der Waals surface area contributed by atoms with E-state index < -0.39 is 29.2 Å². The second kappa shape index (κ2) is 14.8. The van der Waals surface area contributed by atoms with E-state index in [-0.39, 0.29) is 19.6 Å². The van der Waals surface area contributed by atoms with Crippen molar-refractivity contribution in [2.75, 3.05) is 19.8 Å². The van der Waals surface area contributed by atoms with E-state index in [1.165, 1.54) is 13.8 Å². The zero-order chi connectivity index (χ0) is 29.1. The van der Waals surface area contributed by atoms with Crippen molar-refractivity contribution in [1.82, 2.24) is 5.32 Å². The first-order valence-corrected chi connectivity index (χ1v) is 13.5. The average Bonchev–Trinajstić information content (AvgIpc) is 2.85. The maximum Gasteiger partial charge on any atom is 0.408 e. The fourth-order valence-electron chi connectivity index (χ4n) is 3.70. The van der Waals surface area contributed by atoms with Crippen molar-refractivity contribution in [2.24, 2.45) is 0 Å². The first-order chi connectivity index (χ1) is 18.3. The predicted octanol–water partition coefficient (Wildman–Crippen LogP) is 6.51. The van der Waals surface area contributed by atoms with Gasteiger partial charge in [0.1, 0.15) is 30.1 Å². The summed E-state index contributed by atoms with van der Waals surface area (Å²) in [5.41, 5.74) is 0.784. The number of aryl methyl sites for hydroxylation is 1. The Balaban J connectivity index is 2.23. The van der Waals surface area contributed by atoms with Gasteiger partial charge in [0, 0.05) is 18.9 Å². The smallest absolute Gasteiger partial charge is 0.408 e. The van der Waals surface area contributed by atoms with Crippen molar-refractivity contribution in [3.63, 3.8) is 0 Å². The number of alkyl carbamates (subject to hydrolysis) is 1. The molecule has 0 aliphatic carbocycles. The summed E-state index contributed by atoms with van der Waals surface area (Å²) in [6, 6.07) is 13.6. The molecule has 0 saturated carbocycles. The van der Waals surface area contributed by atoms with Gasteiger partial charge < -0.3 is 24.3 Å². The number of hydrogen-bond donors (Lipinski definition) is 1. The molecule has 2 aromatic rings. The number of benzene rings is 2. The molecule has 9 heteroatoms. The summed E-state index contributed by atoms with van der Waals surface area (Å²) in [6.45, 7) is 10.1. The molecule has 39 heavy (non-hydrogen) atoms. The normalized spacial score (nSPS) is 11.5. The summed E-state index contributed by atoms with van der Waals surface area (Å²) >= 11 is 6.66. The molecule has 2 aromatic carbocycles. The Kier molecular flexibility index (Phi) is 12.1. The number of halogens is 1. The molecule has 0 aromatic heterocycles. The summed E-state index contributed by atoms with van der Waals surface area (Å²) in [5, 5.41) is 3.32. The molecule has 0 bridgehead atoms. The van der Waals surface area contributed by atoms with Crippen molar-refractivity contribution in [1.29, 1.82) is 0 Å². The highest BCUT2D eigenvalue weighted by atomic mass is 35.5. The number of esters is 2. The Morgan fingerprint density at radius 3 is 2.00 bits per heavy atom. The van der Waals surface area contributed by atoms with Crippen LogP contribution in [0.25, 0.3) is 11.1 Å². The summed E-state index contributed by atoms with van der Waals surface area (Å²) in [7, 11) is 0. The highest BCUT2D eigenvalue weighted by Crippen LogP contribution is 2.29. The minimum absolute atomic E-state index is 0.211. The Morgan fingerprint density at radius 1 is 0.897 bits per heavy atom. The van der Waals surface area contributed by atoms with E-state index in [2.05, 4.69) is 12.2 Å². The van der Waals surface area contributed by atoms with Crippen LogP contribution in [0.1, 0.15) is 66.4 Å². The van der Waals surface area contributed by atoms with E-state index in [9.17, 15) is 14.4 Å². The van der Waals surface area contributed by atoms with E-state index in [0.717, 1.165) is 35.3 Å². The van der Waals surface area contributed by atoms with Crippen molar-refractivity contribution in [3.05, 3.63) is 53.1 Å². The fraction of sp³-hybridized carbons (Fsp3) is 0.500. The highest BCUT2D eigenvalue weighted by Gasteiger charge is 2.36. The molecule has 0 fully saturated rings. The number of rotatable bonds is 13. The molecule has 0 aliphatic rings. The lowest BCUT2D eigenvalue weighted by molar-refractivity contribution is -0.148.